The molecule has 4 aliphatic rings. The molecule has 2 aromatic carbocycles. The highest BCUT2D eigenvalue weighted by atomic mass is 16.5. The van der Waals surface area contributed by atoms with Gasteiger partial charge in [0.25, 0.3) is 11.8 Å². The highest BCUT2D eigenvalue weighted by molar-refractivity contribution is 6.01. The molecule has 2 aliphatic carbocycles. The minimum absolute atomic E-state index is 0.0485. The van der Waals surface area contributed by atoms with E-state index in [2.05, 4.69) is 0 Å². The molecule has 44 heavy (non-hydrogen) atoms. The van der Waals surface area contributed by atoms with Crippen LogP contribution in [0.2, 0.25) is 0 Å². The zero-order valence-electron chi connectivity index (χ0n) is 25.7. The molecule has 0 radical (unpaired) electrons. The van der Waals surface area contributed by atoms with E-state index in [0.29, 0.717) is 71.4 Å². The molecule has 4 fully saturated rings. The second-order valence-corrected chi connectivity index (χ2v) is 13.0. The van der Waals surface area contributed by atoms with Crippen molar-refractivity contribution in [2.24, 2.45) is 10.8 Å². The molecule has 0 bridgehead atoms. The van der Waals surface area contributed by atoms with Gasteiger partial charge in [-0.3, -0.25) is 9.59 Å². The number of hydrogen-bond acceptors (Lipinski definition) is 9. The van der Waals surface area contributed by atoms with E-state index in [-0.39, 0.29) is 22.9 Å². The van der Waals surface area contributed by atoms with Crippen LogP contribution in [-0.2, 0) is 0 Å². The Hall–Kier alpha value is -3.86. The fourth-order valence-corrected chi connectivity index (χ4v) is 6.60. The molecule has 0 aromatic heterocycles. The predicted molar refractivity (Wildman–Crippen MR) is 165 cm³/mol. The summed E-state index contributed by atoms with van der Waals surface area (Å²) >= 11 is 0. The molecule has 2 spiro atoms. The molecule has 1 atom stereocenters. The van der Waals surface area contributed by atoms with Gasteiger partial charge in [-0.25, -0.2) is 0 Å². The Kier molecular flexibility index (Phi) is 8.17. The Labute approximate surface area is 258 Å². The molecule has 11 heteroatoms. The molecule has 1 unspecified atom stereocenters. The van der Waals surface area contributed by atoms with E-state index in [0.717, 1.165) is 51.6 Å². The van der Waals surface area contributed by atoms with E-state index in [9.17, 15) is 14.7 Å². The van der Waals surface area contributed by atoms with Crippen molar-refractivity contribution in [3.63, 3.8) is 0 Å². The molecule has 2 saturated carbocycles. The predicted octanol–water partition coefficient (Wildman–Crippen LogP) is 4.07. The second kappa shape index (κ2) is 11.9. The normalized spacial score (nSPS) is 20.7. The lowest BCUT2D eigenvalue weighted by molar-refractivity contribution is 0.0293. The summed E-state index contributed by atoms with van der Waals surface area (Å²) in [5.41, 5.74) is 14.4. The number of unbranched alkanes of at least 4 members (excludes halogenated alkanes) is 2. The number of aliphatic hydroxyl groups is 1. The summed E-state index contributed by atoms with van der Waals surface area (Å²) < 4.78 is 22.9. The van der Waals surface area contributed by atoms with Crippen molar-refractivity contribution in [1.29, 1.82) is 0 Å². The topological polar surface area (TPSA) is 150 Å². The van der Waals surface area contributed by atoms with Crippen molar-refractivity contribution in [2.75, 3.05) is 58.5 Å². The number of benzene rings is 2. The minimum atomic E-state index is -0.785. The van der Waals surface area contributed by atoms with Crippen molar-refractivity contribution in [2.45, 2.75) is 64.0 Å². The van der Waals surface area contributed by atoms with Crippen LogP contribution in [0.4, 0.5) is 11.4 Å². The molecule has 2 aromatic rings. The van der Waals surface area contributed by atoms with Crippen molar-refractivity contribution < 1.29 is 33.6 Å². The van der Waals surface area contributed by atoms with Crippen molar-refractivity contribution in [1.82, 2.24) is 9.80 Å². The highest BCUT2D eigenvalue weighted by Gasteiger charge is 2.53. The zero-order valence-corrected chi connectivity index (χ0v) is 25.7. The number of likely N-dealkylation sites (tertiary alicyclic amines) is 2. The van der Waals surface area contributed by atoms with Gasteiger partial charge in [0, 0.05) is 43.1 Å². The fourth-order valence-electron chi connectivity index (χ4n) is 6.60. The third-order valence-corrected chi connectivity index (χ3v) is 9.82. The number of nitrogens with zero attached hydrogens (tertiary/aromatic N) is 2. The van der Waals surface area contributed by atoms with Crippen LogP contribution < -0.4 is 30.4 Å². The van der Waals surface area contributed by atoms with Crippen LogP contribution in [0.15, 0.2) is 24.3 Å². The molecule has 2 heterocycles. The maximum atomic E-state index is 13.2. The Bertz CT molecular complexity index is 1420. The van der Waals surface area contributed by atoms with Crippen LogP contribution in [-0.4, -0.2) is 80.0 Å². The van der Waals surface area contributed by atoms with Gasteiger partial charge < -0.3 is 45.3 Å². The van der Waals surface area contributed by atoms with Gasteiger partial charge in [0.05, 0.1) is 38.6 Å². The van der Waals surface area contributed by atoms with Crippen LogP contribution in [0.25, 0.3) is 0 Å². The summed E-state index contributed by atoms with van der Waals surface area (Å²) in [7, 11) is 3.08. The van der Waals surface area contributed by atoms with Gasteiger partial charge in [0.15, 0.2) is 23.0 Å². The SMILES string of the molecule is COc1cc(C(=O)N2CCC3(CC3)C2)c(N)cc1OCCCCCOc1cc(N)c(C(=O)N2CC3(CC3)CC2O)cc1OC. The van der Waals surface area contributed by atoms with Crippen molar-refractivity contribution in [3.05, 3.63) is 35.4 Å². The van der Waals surface area contributed by atoms with E-state index in [1.807, 2.05) is 4.90 Å². The van der Waals surface area contributed by atoms with Crippen LogP contribution in [0.1, 0.15) is 78.5 Å². The number of anilines is 2. The van der Waals surface area contributed by atoms with E-state index < -0.39 is 6.23 Å². The first kappa shape index (κ1) is 30.2. The summed E-state index contributed by atoms with van der Waals surface area (Å²) in [4.78, 5) is 29.7. The van der Waals surface area contributed by atoms with E-state index in [1.54, 1.807) is 31.4 Å². The number of rotatable bonds is 12. The van der Waals surface area contributed by atoms with E-state index in [4.69, 9.17) is 30.4 Å². The molecule has 2 amide bonds. The molecule has 2 saturated heterocycles. The monoisotopic (exact) mass is 608 g/mol. The average Bonchev–Trinajstić information content (AvgIpc) is 3.87. The zero-order chi connectivity index (χ0) is 31.1. The summed E-state index contributed by atoms with van der Waals surface area (Å²) in [6, 6.07) is 6.58. The Balaban J connectivity index is 0.963. The smallest absolute Gasteiger partial charge is 0.258 e. The summed E-state index contributed by atoms with van der Waals surface area (Å²) in [5.74, 6) is 1.55. The van der Waals surface area contributed by atoms with E-state index in [1.165, 1.54) is 24.9 Å². The largest absolute Gasteiger partial charge is 0.493 e. The summed E-state index contributed by atoms with van der Waals surface area (Å²) in [6.45, 7) is 3.03. The molecular weight excluding hydrogens is 564 g/mol. The van der Waals surface area contributed by atoms with Gasteiger partial charge in [-0.1, -0.05) is 0 Å². The number of aliphatic hydroxyl groups excluding tert-OH is 1. The number of amides is 2. The first-order valence-corrected chi connectivity index (χ1v) is 15.7. The molecular formula is C33H44N4O7. The fraction of sp³-hybridized carbons (Fsp3) is 0.576. The van der Waals surface area contributed by atoms with Crippen molar-refractivity contribution in [3.8, 4) is 23.0 Å². The highest BCUT2D eigenvalue weighted by Crippen LogP contribution is 2.55. The average molecular weight is 609 g/mol. The number of methoxy groups -OCH3 is 2. The number of carbonyl (C=O) groups is 2. The maximum absolute atomic E-state index is 13.2. The van der Waals surface area contributed by atoms with Gasteiger partial charge in [-0.2, -0.15) is 0 Å². The summed E-state index contributed by atoms with van der Waals surface area (Å²) in [6.07, 6.45) is 7.79. The van der Waals surface area contributed by atoms with Crippen LogP contribution >= 0.6 is 0 Å². The number of hydrogen-bond donors (Lipinski definition) is 3. The lowest BCUT2D eigenvalue weighted by atomic mass is 10.1. The number of carbonyl (C=O) groups excluding carboxylic acids is 2. The third-order valence-electron chi connectivity index (χ3n) is 9.82. The standard InChI is InChI=1S/C33H44N4O7/c1-41-25-14-21(30(39)36-11-10-32(19-36)6-7-32)23(34)16-27(25)43-12-4-3-5-13-44-28-17-24(35)22(15-26(28)42-2)31(40)37-20-33(8-9-33)18-29(37)38/h14-17,29,38H,3-13,18-20,34-35H2,1-2H3. The lowest BCUT2D eigenvalue weighted by Crippen LogP contribution is -2.36. The maximum Gasteiger partial charge on any atom is 0.258 e. The van der Waals surface area contributed by atoms with E-state index >= 15 is 0 Å². The van der Waals surface area contributed by atoms with Gasteiger partial charge in [-0.05, 0) is 80.8 Å². The quantitative estimate of drug-likeness (QED) is 0.239. The minimum Gasteiger partial charge on any atom is -0.493 e. The van der Waals surface area contributed by atoms with Gasteiger partial charge in [-0.15, -0.1) is 0 Å². The Morgan fingerprint density at radius 1 is 0.773 bits per heavy atom. The van der Waals surface area contributed by atoms with Gasteiger partial charge in [0.1, 0.15) is 6.23 Å². The molecule has 238 valence electrons. The number of nitrogen functional groups attached to an aromatic ring is 2. The van der Waals surface area contributed by atoms with Crippen LogP contribution in [0, 0.1) is 10.8 Å². The Morgan fingerprint density at radius 2 is 1.32 bits per heavy atom. The summed E-state index contributed by atoms with van der Waals surface area (Å²) in [5, 5.41) is 10.4. The van der Waals surface area contributed by atoms with Crippen LogP contribution in [0.3, 0.4) is 0 Å². The Morgan fingerprint density at radius 3 is 1.80 bits per heavy atom. The number of nitrogens with two attached hydrogens (primary N) is 2. The first-order chi connectivity index (χ1) is 21.2. The lowest BCUT2D eigenvalue weighted by Gasteiger charge is -2.22. The molecule has 6 rings (SSSR count). The number of ether oxygens (including phenoxy) is 4. The van der Waals surface area contributed by atoms with Gasteiger partial charge in [0.2, 0.25) is 0 Å². The van der Waals surface area contributed by atoms with Gasteiger partial charge >= 0.3 is 0 Å². The van der Waals surface area contributed by atoms with Crippen molar-refractivity contribution >= 4 is 23.2 Å². The van der Waals surface area contributed by atoms with Crippen LogP contribution in [0.5, 0.6) is 23.0 Å². The molecule has 2 aliphatic heterocycles. The third kappa shape index (κ3) is 6.06. The second-order valence-electron chi connectivity index (χ2n) is 13.0. The first-order valence-electron chi connectivity index (χ1n) is 15.7. The molecule has 11 nitrogen and oxygen atoms in total. The molecule has 5 N–H and O–H groups in total.